The van der Waals surface area contributed by atoms with Gasteiger partial charge in [-0.05, 0) is 51.9 Å². The lowest BCUT2D eigenvalue weighted by Crippen LogP contribution is -2.65. The molecule has 0 aromatic heterocycles. The number of rotatable bonds is 5. The van der Waals surface area contributed by atoms with Crippen LogP contribution >= 0.6 is 0 Å². The molecule has 6 nitrogen and oxygen atoms in total. The summed E-state index contributed by atoms with van der Waals surface area (Å²) < 4.78 is 5.89. The van der Waals surface area contributed by atoms with Crippen LogP contribution in [0.2, 0.25) is 0 Å². The third-order valence-electron chi connectivity index (χ3n) is 6.67. The molecule has 4 fully saturated rings. The quantitative estimate of drug-likeness (QED) is 0.748. The minimum atomic E-state index is -1.07. The van der Waals surface area contributed by atoms with Crippen molar-refractivity contribution in [3.8, 4) is 0 Å². The van der Waals surface area contributed by atoms with Crippen LogP contribution in [0, 0.1) is 22.2 Å². The largest absolute Gasteiger partial charge is 0.481 e. The van der Waals surface area contributed by atoms with Crippen molar-refractivity contribution in [2.45, 2.75) is 71.3 Å². The summed E-state index contributed by atoms with van der Waals surface area (Å²) in [6.07, 6.45) is 2.82. The van der Waals surface area contributed by atoms with Gasteiger partial charge in [0.15, 0.2) is 0 Å². The highest BCUT2D eigenvalue weighted by Gasteiger charge is 2.70. The minimum absolute atomic E-state index is 0.00834. The van der Waals surface area contributed by atoms with E-state index in [0.29, 0.717) is 25.7 Å². The molecule has 4 saturated carbocycles. The predicted octanol–water partition coefficient (Wildman–Crippen LogP) is 2.84. The molecule has 4 bridgehead atoms. The van der Waals surface area contributed by atoms with Gasteiger partial charge in [0.25, 0.3) is 0 Å². The van der Waals surface area contributed by atoms with E-state index in [0.717, 1.165) is 0 Å². The molecule has 0 saturated heterocycles. The third kappa shape index (κ3) is 2.33. The van der Waals surface area contributed by atoms with Gasteiger partial charge in [0.1, 0.15) is 5.60 Å². The van der Waals surface area contributed by atoms with Crippen molar-refractivity contribution >= 4 is 17.9 Å². The molecular weight excluding hydrogens is 312 g/mol. The number of carboxylic acid groups (broad SMARTS) is 2. The summed E-state index contributed by atoms with van der Waals surface area (Å²) in [5.74, 6) is -2.26. The molecular formula is C18H26O6. The first-order valence-electron chi connectivity index (χ1n) is 8.69. The van der Waals surface area contributed by atoms with Gasteiger partial charge in [-0.15, -0.1) is 0 Å². The maximum Gasteiger partial charge on any atom is 0.312 e. The minimum Gasteiger partial charge on any atom is -0.481 e. The maximum absolute atomic E-state index is 12.6. The average Bonchev–Trinajstić information content (AvgIpc) is 2.45. The van der Waals surface area contributed by atoms with E-state index in [4.69, 9.17) is 4.74 Å². The van der Waals surface area contributed by atoms with Gasteiger partial charge in [0.2, 0.25) is 0 Å². The summed E-state index contributed by atoms with van der Waals surface area (Å²) in [6, 6.07) is 0. The van der Waals surface area contributed by atoms with Crippen molar-refractivity contribution in [1.29, 1.82) is 0 Å². The molecule has 0 aromatic rings. The topological polar surface area (TPSA) is 101 Å². The highest BCUT2D eigenvalue weighted by molar-refractivity contribution is 5.82. The van der Waals surface area contributed by atoms with Gasteiger partial charge in [0.05, 0.1) is 16.2 Å². The highest BCUT2D eigenvalue weighted by atomic mass is 16.6. The molecule has 2 N–H and O–H groups in total. The molecule has 2 unspecified atom stereocenters. The van der Waals surface area contributed by atoms with Gasteiger partial charge in [0, 0.05) is 12.8 Å². The summed E-state index contributed by atoms with van der Waals surface area (Å²) in [5.41, 5.74) is -3.75. The lowest BCUT2D eigenvalue weighted by molar-refractivity contribution is -0.235. The molecule has 0 radical (unpaired) electrons. The molecule has 0 aliphatic heterocycles. The predicted molar refractivity (Wildman–Crippen MR) is 84.2 cm³/mol. The van der Waals surface area contributed by atoms with Gasteiger partial charge in [-0.3, -0.25) is 14.4 Å². The van der Waals surface area contributed by atoms with Crippen LogP contribution in [-0.2, 0) is 19.1 Å². The smallest absolute Gasteiger partial charge is 0.312 e. The zero-order valence-corrected chi connectivity index (χ0v) is 14.6. The number of esters is 1. The summed E-state index contributed by atoms with van der Waals surface area (Å²) >= 11 is 0. The number of hydrogen-bond acceptors (Lipinski definition) is 4. The molecule has 4 rings (SSSR count). The van der Waals surface area contributed by atoms with Crippen molar-refractivity contribution in [2.75, 3.05) is 0 Å². The fourth-order valence-electron chi connectivity index (χ4n) is 5.42. The molecule has 4 aliphatic carbocycles. The van der Waals surface area contributed by atoms with Crippen molar-refractivity contribution in [3.63, 3.8) is 0 Å². The van der Waals surface area contributed by atoms with Gasteiger partial charge in [-0.25, -0.2) is 0 Å². The van der Waals surface area contributed by atoms with Crippen LogP contribution in [0.5, 0.6) is 0 Å². The lowest BCUT2D eigenvalue weighted by Gasteiger charge is -2.62. The number of carboxylic acids is 2. The Morgan fingerprint density at radius 2 is 1.50 bits per heavy atom. The van der Waals surface area contributed by atoms with Gasteiger partial charge in [-0.2, -0.15) is 0 Å². The van der Waals surface area contributed by atoms with Crippen LogP contribution in [0.3, 0.4) is 0 Å². The van der Waals surface area contributed by atoms with E-state index in [9.17, 15) is 24.6 Å². The molecule has 6 heteroatoms. The van der Waals surface area contributed by atoms with Crippen LogP contribution in [-0.4, -0.2) is 33.7 Å². The number of carbonyl (C=O) groups is 3. The van der Waals surface area contributed by atoms with Crippen molar-refractivity contribution in [2.24, 2.45) is 22.2 Å². The first-order valence-corrected chi connectivity index (χ1v) is 8.69. The van der Waals surface area contributed by atoms with E-state index in [-0.39, 0.29) is 31.1 Å². The third-order valence-corrected chi connectivity index (χ3v) is 6.67. The molecule has 0 spiro atoms. The summed E-state index contributed by atoms with van der Waals surface area (Å²) in [6.45, 7) is 5.50. The number of ether oxygens (including phenoxy) is 1. The molecule has 0 heterocycles. The molecule has 2 atom stereocenters. The Morgan fingerprint density at radius 1 is 1.00 bits per heavy atom. The second-order valence-electron chi connectivity index (χ2n) is 8.99. The zero-order chi connectivity index (χ0) is 18.0. The number of hydrogen-bond donors (Lipinski definition) is 2. The normalized spacial score (nSPS) is 40.4. The Balaban J connectivity index is 1.98. The van der Waals surface area contributed by atoms with Crippen molar-refractivity contribution in [1.82, 2.24) is 0 Å². The number of carbonyl (C=O) groups excluding carboxylic acids is 1. The van der Waals surface area contributed by atoms with Gasteiger partial charge in [-0.1, -0.05) is 6.92 Å². The van der Waals surface area contributed by atoms with Crippen LogP contribution in [0.25, 0.3) is 0 Å². The van der Waals surface area contributed by atoms with E-state index in [2.05, 4.69) is 0 Å². The van der Waals surface area contributed by atoms with E-state index in [1.165, 1.54) is 0 Å². The summed E-state index contributed by atoms with van der Waals surface area (Å²) in [5, 5.41) is 19.6. The molecule has 134 valence electrons. The average molecular weight is 338 g/mol. The van der Waals surface area contributed by atoms with E-state index in [1.807, 2.05) is 6.92 Å². The van der Waals surface area contributed by atoms with Gasteiger partial charge < -0.3 is 14.9 Å². The molecule has 0 amide bonds. The van der Waals surface area contributed by atoms with Crippen LogP contribution in [0.15, 0.2) is 0 Å². The Kier molecular flexibility index (Phi) is 3.56. The van der Waals surface area contributed by atoms with Crippen molar-refractivity contribution < 1.29 is 29.3 Å². The second-order valence-corrected chi connectivity index (χ2v) is 8.99. The molecule has 24 heavy (non-hydrogen) atoms. The monoisotopic (exact) mass is 338 g/mol. The van der Waals surface area contributed by atoms with Crippen molar-refractivity contribution in [3.05, 3.63) is 0 Å². The Bertz CT molecular complexity index is 577. The van der Waals surface area contributed by atoms with E-state index in [1.54, 1.807) is 13.8 Å². The fraction of sp³-hybridized carbons (Fsp3) is 0.833. The van der Waals surface area contributed by atoms with Crippen LogP contribution in [0.4, 0.5) is 0 Å². The first-order chi connectivity index (χ1) is 11.0. The highest BCUT2D eigenvalue weighted by Crippen LogP contribution is 2.68. The second kappa shape index (κ2) is 4.96. The SMILES string of the molecule is CCC(C)(C)C(=O)OC12CC3CC(C(=O)O)(C1)CC(C(=O)O)(C3)C2. The lowest BCUT2D eigenvalue weighted by atomic mass is 9.42. The Morgan fingerprint density at radius 3 is 1.92 bits per heavy atom. The van der Waals surface area contributed by atoms with Crippen LogP contribution in [0.1, 0.15) is 65.7 Å². The Hall–Kier alpha value is -1.59. The molecule has 0 aromatic carbocycles. The first kappa shape index (κ1) is 17.2. The number of aliphatic carboxylic acids is 2. The Labute approximate surface area is 141 Å². The maximum atomic E-state index is 12.6. The standard InChI is InChI=1S/C18H26O6/c1-4-15(2,3)14(23)24-18-7-11-5-16(9-18,12(19)20)8-17(6-11,10-18)13(21)22/h11H,4-10H2,1-3H3,(H,19,20)(H,21,22). The van der Waals surface area contributed by atoms with E-state index < -0.39 is 33.8 Å². The zero-order valence-electron chi connectivity index (χ0n) is 14.6. The van der Waals surface area contributed by atoms with Crippen LogP contribution < -0.4 is 0 Å². The van der Waals surface area contributed by atoms with Gasteiger partial charge >= 0.3 is 17.9 Å². The fourth-order valence-corrected chi connectivity index (χ4v) is 5.42. The summed E-state index contributed by atoms with van der Waals surface area (Å²) in [4.78, 5) is 36.5. The molecule has 4 aliphatic rings. The summed E-state index contributed by atoms with van der Waals surface area (Å²) in [7, 11) is 0. The van der Waals surface area contributed by atoms with E-state index >= 15 is 0 Å².